The van der Waals surface area contributed by atoms with Crippen molar-refractivity contribution in [2.24, 2.45) is 0 Å². The summed E-state index contributed by atoms with van der Waals surface area (Å²) in [6.07, 6.45) is 0.576. The normalized spacial score (nSPS) is 14.5. The molecule has 1 aliphatic heterocycles. The lowest BCUT2D eigenvalue weighted by Gasteiger charge is -2.19. The number of imide groups is 1. The molecule has 2 amide bonds. The zero-order valence-electron chi connectivity index (χ0n) is 12.0. The first-order valence-electron chi connectivity index (χ1n) is 6.67. The zero-order valence-corrected chi connectivity index (χ0v) is 12.8. The highest BCUT2D eigenvalue weighted by atomic mass is 32.2. The van der Waals surface area contributed by atoms with Crippen LogP contribution in [0.25, 0.3) is 0 Å². The fraction of sp³-hybridized carbons (Fsp3) is 0.400. The molecule has 0 aliphatic carbocycles. The van der Waals surface area contributed by atoms with Gasteiger partial charge < -0.3 is 5.11 Å². The molecule has 1 aromatic carbocycles. The Morgan fingerprint density at radius 2 is 1.71 bits per heavy atom. The molecule has 1 N–H and O–H groups in total. The number of rotatable bonds is 6. The standard InChI is InChI=1S/C15H17NO4S/c1-15(2,14(19)20)21-9-5-8-16-12(17)10-6-3-4-7-11(10)13(16)18/h3-4,6-7H,5,8-9H2,1-2H3,(H,19,20). The molecule has 0 spiro atoms. The van der Waals surface area contributed by atoms with Crippen molar-refractivity contribution in [3.8, 4) is 0 Å². The van der Waals surface area contributed by atoms with Gasteiger partial charge in [0.05, 0.1) is 11.1 Å². The van der Waals surface area contributed by atoms with E-state index in [1.54, 1.807) is 38.1 Å². The molecule has 0 aromatic heterocycles. The number of thioether (sulfide) groups is 1. The average Bonchev–Trinajstić information content (AvgIpc) is 2.68. The van der Waals surface area contributed by atoms with Crippen LogP contribution in [0.15, 0.2) is 24.3 Å². The van der Waals surface area contributed by atoms with Crippen LogP contribution < -0.4 is 0 Å². The highest BCUT2D eigenvalue weighted by Gasteiger charge is 2.34. The second kappa shape index (κ2) is 5.89. The number of carbonyl (C=O) groups excluding carboxylic acids is 2. The van der Waals surface area contributed by atoms with Crippen molar-refractivity contribution in [1.82, 2.24) is 4.90 Å². The summed E-state index contributed by atoms with van der Waals surface area (Å²) in [5.41, 5.74) is 0.891. The molecule has 0 bridgehead atoms. The molecule has 2 rings (SSSR count). The highest BCUT2D eigenvalue weighted by Crippen LogP contribution is 2.26. The van der Waals surface area contributed by atoms with Crippen LogP contribution in [-0.2, 0) is 4.79 Å². The minimum absolute atomic E-state index is 0.266. The van der Waals surface area contributed by atoms with E-state index in [9.17, 15) is 14.4 Å². The number of nitrogens with zero attached hydrogens (tertiary/aromatic N) is 1. The van der Waals surface area contributed by atoms with Gasteiger partial charge in [0.25, 0.3) is 11.8 Å². The van der Waals surface area contributed by atoms with Crippen molar-refractivity contribution in [3.05, 3.63) is 35.4 Å². The van der Waals surface area contributed by atoms with E-state index in [4.69, 9.17) is 5.11 Å². The van der Waals surface area contributed by atoms with Crippen LogP contribution in [0.5, 0.6) is 0 Å². The van der Waals surface area contributed by atoms with Gasteiger partial charge in [0.15, 0.2) is 0 Å². The quantitative estimate of drug-likeness (QED) is 0.644. The molecular formula is C15H17NO4S. The Labute approximate surface area is 127 Å². The van der Waals surface area contributed by atoms with Crippen LogP contribution in [0.4, 0.5) is 0 Å². The van der Waals surface area contributed by atoms with Crippen molar-refractivity contribution in [2.75, 3.05) is 12.3 Å². The lowest BCUT2D eigenvalue weighted by atomic mass is 10.1. The van der Waals surface area contributed by atoms with Gasteiger partial charge in [-0.3, -0.25) is 19.3 Å². The molecule has 0 saturated carbocycles. The maximum absolute atomic E-state index is 12.1. The summed E-state index contributed by atoms with van der Waals surface area (Å²) in [6, 6.07) is 6.77. The fourth-order valence-electron chi connectivity index (χ4n) is 2.05. The molecule has 112 valence electrons. The molecule has 6 heteroatoms. The largest absolute Gasteiger partial charge is 0.480 e. The van der Waals surface area contributed by atoms with Crippen LogP contribution in [0, 0.1) is 0 Å². The maximum Gasteiger partial charge on any atom is 0.319 e. The van der Waals surface area contributed by atoms with Crippen molar-refractivity contribution < 1.29 is 19.5 Å². The summed E-state index contributed by atoms with van der Waals surface area (Å²) < 4.78 is -0.859. The number of aliphatic carboxylic acids is 1. The molecule has 5 nitrogen and oxygen atoms in total. The SMILES string of the molecule is CC(C)(SCCCN1C(=O)c2ccccc2C1=O)C(=O)O. The number of hydrogen-bond acceptors (Lipinski definition) is 4. The van der Waals surface area contributed by atoms with Gasteiger partial charge in [0, 0.05) is 6.54 Å². The molecule has 0 unspecified atom stereocenters. The average molecular weight is 307 g/mol. The Kier molecular flexibility index (Phi) is 4.37. The lowest BCUT2D eigenvalue weighted by Crippen LogP contribution is -2.32. The van der Waals surface area contributed by atoms with Crippen LogP contribution in [0.2, 0.25) is 0 Å². The molecule has 1 aliphatic rings. The number of carboxylic acid groups (broad SMARTS) is 1. The van der Waals surface area contributed by atoms with Gasteiger partial charge in [-0.25, -0.2) is 0 Å². The van der Waals surface area contributed by atoms with Gasteiger partial charge in [0.1, 0.15) is 4.75 Å². The Hall–Kier alpha value is -1.82. The van der Waals surface area contributed by atoms with Crippen LogP contribution in [-0.4, -0.2) is 44.8 Å². The minimum Gasteiger partial charge on any atom is -0.480 e. The molecule has 1 aromatic rings. The van der Waals surface area contributed by atoms with E-state index in [-0.39, 0.29) is 11.8 Å². The van der Waals surface area contributed by atoms with Gasteiger partial charge in [-0.2, -0.15) is 0 Å². The van der Waals surface area contributed by atoms with Gasteiger partial charge in [-0.1, -0.05) is 12.1 Å². The summed E-state index contributed by atoms with van der Waals surface area (Å²) in [6.45, 7) is 3.60. The fourth-order valence-corrected chi connectivity index (χ4v) is 2.96. The second-order valence-corrected chi connectivity index (χ2v) is 7.04. The van der Waals surface area contributed by atoms with Gasteiger partial charge in [-0.05, 0) is 38.2 Å². The predicted octanol–water partition coefficient (Wildman–Crippen LogP) is 2.27. The Morgan fingerprint density at radius 3 is 2.19 bits per heavy atom. The zero-order chi connectivity index (χ0) is 15.6. The molecule has 0 fully saturated rings. The third-order valence-electron chi connectivity index (χ3n) is 3.38. The first-order chi connectivity index (χ1) is 9.84. The summed E-state index contributed by atoms with van der Waals surface area (Å²) in [4.78, 5) is 36.4. The Balaban J connectivity index is 1.90. The van der Waals surface area contributed by atoms with E-state index in [1.807, 2.05) is 0 Å². The van der Waals surface area contributed by atoms with E-state index in [2.05, 4.69) is 0 Å². The van der Waals surface area contributed by atoms with E-state index < -0.39 is 10.7 Å². The maximum atomic E-state index is 12.1. The van der Waals surface area contributed by atoms with E-state index in [0.717, 1.165) is 0 Å². The number of carboxylic acids is 1. The first kappa shape index (κ1) is 15.6. The molecular weight excluding hydrogens is 290 g/mol. The number of carbonyl (C=O) groups is 3. The molecule has 0 radical (unpaired) electrons. The summed E-state index contributed by atoms with van der Waals surface area (Å²) in [5, 5.41) is 9.02. The summed E-state index contributed by atoms with van der Waals surface area (Å²) >= 11 is 1.31. The molecule has 21 heavy (non-hydrogen) atoms. The second-order valence-electron chi connectivity index (χ2n) is 5.33. The highest BCUT2D eigenvalue weighted by molar-refractivity contribution is 8.01. The minimum atomic E-state index is -0.867. The van der Waals surface area contributed by atoms with Gasteiger partial charge >= 0.3 is 5.97 Å². The van der Waals surface area contributed by atoms with Crippen molar-refractivity contribution in [2.45, 2.75) is 25.0 Å². The summed E-state index contributed by atoms with van der Waals surface area (Å²) in [5.74, 6) is -0.823. The Bertz CT molecular complexity index is 562. The monoisotopic (exact) mass is 307 g/mol. The van der Waals surface area contributed by atoms with E-state index in [0.29, 0.717) is 29.8 Å². The van der Waals surface area contributed by atoms with E-state index in [1.165, 1.54) is 16.7 Å². The third-order valence-corrected chi connectivity index (χ3v) is 4.77. The number of benzene rings is 1. The number of fused-ring (bicyclic) bond motifs is 1. The lowest BCUT2D eigenvalue weighted by molar-refractivity contribution is -0.138. The smallest absolute Gasteiger partial charge is 0.319 e. The van der Waals surface area contributed by atoms with Crippen LogP contribution in [0.1, 0.15) is 41.0 Å². The third kappa shape index (κ3) is 3.10. The van der Waals surface area contributed by atoms with Gasteiger partial charge in [0.2, 0.25) is 0 Å². The number of hydrogen-bond donors (Lipinski definition) is 1. The van der Waals surface area contributed by atoms with Crippen LogP contribution in [0.3, 0.4) is 0 Å². The Morgan fingerprint density at radius 1 is 1.19 bits per heavy atom. The molecule has 0 atom stereocenters. The van der Waals surface area contributed by atoms with Crippen molar-refractivity contribution in [1.29, 1.82) is 0 Å². The summed E-state index contributed by atoms with van der Waals surface area (Å²) in [7, 11) is 0. The van der Waals surface area contributed by atoms with Crippen molar-refractivity contribution >= 4 is 29.5 Å². The van der Waals surface area contributed by atoms with Crippen molar-refractivity contribution in [3.63, 3.8) is 0 Å². The molecule has 1 heterocycles. The first-order valence-corrected chi connectivity index (χ1v) is 7.66. The predicted molar refractivity (Wildman–Crippen MR) is 80.6 cm³/mol. The van der Waals surface area contributed by atoms with Crippen LogP contribution >= 0.6 is 11.8 Å². The topological polar surface area (TPSA) is 74.7 Å². The van der Waals surface area contributed by atoms with E-state index >= 15 is 0 Å². The van der Waals surface area contributed by atoms with Gasteiger partial charge in [-0.15, -0.1) is 11.8 Å². The number of amides is 2. The molecule has 0 saturated heterocycles.